The van der Waals surface area contributed by atoms with Crippen LogP contribution in [0, 0.1) is 0 Å². The molecule has 1 atom stereocenters. The van der Waals surface area contributed by atoms with Crippen LogP contribution in [0.25, 0.3) is 10.9 Å². The third-order valence-electron chi connectivity index (χ3n) is 4.32. The Morgan fingerprint density at radius 2 is 2.19 bits per heavy atom. The van der Waals surface area contributed by atoms with Gasteiger partial charge in [-0.3, -0.25) is 0 Å². The van der Waals surface area contributed by atoms with Gasteiger partial charge in [0.05, 0.1) is 5.52 Å². The van der Waals surface area contributed by atoms with E-state index in [0.717, 1.165) is 36.0 Å². The molecule has 4 heteroatoms. The van der Waals surface area contributed by atoms with Gasteiger partial charge in [-0.25, -0.2) is 9.78 Å². The Balaban J connectivity index is 2.17. The summed E-state index contributed by atoms with van der Waals surface area (Å²) in [5, 5.41) is 10.4. The van der Waals surface area contributed by atoms with Crippen molar-refractivity contribution in [2.24, 2.45) is 0 Å². The molecular formula is C17H20N2O2. The van der Waals surface area contributed by atoms with Gasteiger partial charge in [-0.15, -0.1) is 0 Å². The number of aromatic carboxylic acids is 1. The van der Waals surface area contributed by atoms with Crippen LogP contribution in [0.4, 0.5) is 5.69 Å². The Morgan fingerprint density at radius 3 is 2.95 bits per heavy atom. The average molecular weight is 284 g/mol. The number of hydrogen-bond donors (Lipinski definition) is 1. The molecule has 0 radical (unpaired) electrons. The molecule has 110 valence electrons. The first-order valence-corrected chi connectivity index (χ1v) is 7.60. The first-order chi connectivity index (χ1) is 10.2. The molecule has 0 amide bonds. The Hall–Kier alpha value is -2.10. The second-order valence-electron chi connectivity index (χ2n) is 5.60. The molecule has 1 fully saturated rings. The molecule has 4 nitrogen and oxygen atoms in total. The zero-order valence-corrected chi connectivity index (χ0v) is 12.2. The van der Waals surface area contributed by atoms with Crippen LogP contribution in [0.1, 0.15) is 43.1 Å². The third-order valence-corrected chi connectivity index (χ3v) is 4.32. The van der Waals surface area contributed by atoms with Gasteiger partial charge in [0.15, 0.2) is 5.69 Å². The summed E-state index contributed by atoms with van der Waals surface area (Å²) in [4.78, 5) is 18.0. The highest BCUT2D eigenvalue weighted by Gasteiger charge is 2.24. The predicted molar refractivity (Wildman–Crippen MR) is 84.0 cm³/mol. The summed E-state index contributed by atoms with van der Waals surface area (Å²) in [6.45, 7) is 3.19. The summed E-state index contributed by atoms with van der Waals surface area (Å²) >= 11 is 0. The third kappa shape index (κ3) is 2.58. The average Bonchev–Trinajstić information content (AvgIpc) is 2.53. The number of carboxylic acids is 1. The number of fused-ring (bicyclic) bond motifs is 1. The van der Waals surface area contributed by atoms with E-state index in [1.54, 1.807) is 6.07 Å². The molecule has 0 saturated carbocycles. The topological polar surface area (TPSA) is 53.4 Å². The van der Waals surface area contributed by atoms with Gasteiger partial charge in [-0.2, -0.15) is 0 Å². The van der Waals surface area contributed by atoms with Crippen molar-refractivity contribution in [3.8, 4) is 0 Å². The number of rotatable bonds is 3. The summed E-state index contributed by atoms with van der Waals surface area (Å²) in [5.74, 6) is -0.966. The number of carbonyl (C=O) groups is 1. The Kier molecular flexibility index (Phi) is 3.78. The minimum atomic E-state index is -0.966. The molecule has 1 unspecified atom stereocenters. The van der Waals surface area contributed by atoms with Crippen molar-refractivity contribution in [2.75, 3.05) is 11.4 Å². The van der Waals surface area contributed by atoms with Crippen LogP contribution in [0.5, 0.6) is 0 Å². The smallest absolute Gasteiger partial charge is 0.354 e. The van der Waals surface area contributed by atoms with E-state index in [0.29, 0.717) is 6.04 Å². The van der Waals surface area contributed by atoms with E-state index < -0.39 is 5.97 Å². The van der Waals surface area contributed by atoms with Crippen LogP contribution in [-0.2, 0) is 0 Å². The Bertz CT molecular complexity index is 669. The number of nitrogens with zero attached hydrogens (tertiary/aromatic N) is 2. The van der Waals surface area contributed by atoms with Gasteiger partial charge in [0.1, 0.15) is 0 Å². The molecule has 1 aromatic carbocycles. The van der Waals surface area contributed by atoms with Crippen molar-refractivity contribution in [1.29, 1.82) is 0 Å². The van der Waals surface area contributed by atoms with E-state index in [4.69, 9.17) is 0 Å². The van der Waals surface area contributed by atoms with Crippen LogP contribution in [0.3, 0.4) is 0 Å². The zero-order valence-electron chi connectivity index (χ0n) is 12.2. The molecule has 2 heterocycles. The lowest BCUT2D eigenvalue weighted by molar-refractivity contribution is 0.0691. The SMILES string of the molecule is CCC1CCCCN1c1cc(C(=O)O)nc2ccccc12. The molecule has 21 heavy (non-hydrogen) atoms. The maximum absolute atomic E-state index is 11.3. The fourth-order valence-corrected chi connectivity index (χ4v) is 3.25. The maximum Gasteiger partial charge on any atom is 0.354 e. The van der Waals surface area contributed by atoms with Gasteiger partial charge < -0.3 is 10.0 Å². The van der Waals surface area contributed by atoms with Gasteiger partial charge in [0, 0.05) is 23.7 Å². The fourth-order valence-electron chi connectivity index (χ4n) is 3.25. The van der Waals surface area contributed by atoms with Gasteiger partial charge in [0.2, 0.25) is 0 Å². The van der Waals surface area contributed by atoms with Crippen molar-refractivity contribution in [3.63, 3.8) is 0 Å². The molecule has 3 rings (SSSR count). The van der Waals surface area contributed by atoms with Crippen LogP contribution < -0.4 is 4.90 Å². The lowest BCUT2D eigenvalue weighted by Crippen LogP contribution is -2.39. The van der Waals surface area contributed by atoms with E-state index in [1.165, 1.54) is 12.8 Å². The first kappa shape index (κ1) is 13.9. The normalized spacial score (nSPS) is 18.9. The highest BCUT2D eigenvalue weighted by Crippen LogP contribution is 2.32. The van der Waals surface area contributed by atoms with Crippen LogP contribution in [0.15, 0.2) is 30.3 Å². The number of carboxylic acid groups (broad SMARTS) is 1. The van der Waals surface area contributed by atoms with Crippen molar-refractivity contribution in [1.82, 2.24) is 4.98 Å². The van der Waals surface area contributed by atoms with Crippen LogP contribution >= 0.6 is 0 Å². The molecule has 1 aliphatic heterocycles. The van der Waals surface area contributed by atoms with Crippen molar-refractivity contribution >= 4 is 22.6 Å². The second-order valence-corrected chi connectivity index (χ2v) is 5.60. The molecule has 2 aromatic rings. The molecule has 1 saturated heterocycles. The molecule has 1 N–H and O–H groups in total. The fraction of sp³-hybridized carbons (Fsp3) is 0.412. The van der Waals surface area contributed by atoms with E-state index in [9.17, 15) is 9.90 Å². The van der Waals surface area contributed by atoms with Crippen molar-refractivity contribution in [3.05, 3.63) is 36.0 Å². The minimum absolute atomic E-state index is 0.129. The van der Waals surface area contributed by atoms with Crippen LogP contribution in [-0.4, -0.2) is 28.6 Å². The van der Waals surface area contributed by atoms with Crippen molar-refractivity contribution < 1.29 is 9.90 Å². The number of pyridine rings is 1. The van der Waals surface area contributed by atoms with Gasteiger partial charge >= 0.3 is 5.97 Å². The molecular weight excluding hydrogens is 264 g/mol. The van der Waals surface area contributed by atoms with Crippen LogP contribution in [0.2, 0.25) is 0 Å². The van der Waals surface area contributed by atoms with Crippen molar-refractivity contribution in [2.45, 2.75) is 38.6 Å². The predicted octanol–water partition coefficient (Wildman–Crippen LogP) is 3.70. The van der Waals surface area contributed by atoms with Gasteiger partial charge in [-0.05, 0) is 37.8 Å². The Morgan fingerprint density at radius 1 is 1.38 bits per heavy atom. The summed E-state index contributed by atoms with van der Waals surface area (Å²) in [5.41, 5.74) is 1.90. The first-order valence-electron chi connectivity index (χ1n) is 7.60. The minimum Gasteiger partial charge on any atom is -0.477 e. The van der Waals surface area contributed by atoms with E-state index in [2.05, 4.69) is 16.8 Å². The molecule has 1 aliphatic rings. The largest absolute Gasteiger partial charge is 0.477 e. The van der Waals surface area contributed by atoms with E-state index >= 15 is 0 Å². The number of hydrogen-bond acceptors (Lipinski definition) is 3. The second kappa shape index (κ2) is 5.72. The molecule has 0 bridgehead atoms. The van der Waals surface area contributed by atoms with Gasteiger partial charge in [-0.1, -0.05) is 25.1 Å². The van der Waals surface area contributed by atoms with E-state index in [-0.39, 0.29) is 5.69 Å². The summed E-state index contributed by atoms with van der Waals surface area (Å²) in [7, 11) is 0. The molecule has 0 aliphatic carbocycles. The molecule has 0 spiro atoms. The molecule has 1 aromatic heterocycles. The van der Waals surface area contributed by atoms with Gasteiger partial charge in [0.25, 0.3) is 0 Å². The maximum atomic E-state index is 11.3. The number of piperidine rings is 1. The summed E-state index contributed by atoms with van der Waals surface area (Å²) in [6.07, 6.45) is 4.67. The highest BCUT2D eigenvalue weighted by molar-refractivity contribution is 5.97. The lowest BCUT2D eigenvalue weighted by atomic mass is 9.98. The lowest BCUT2D eigenvalue weighted by Gasteiger charge is -2.37. The summed E-state index contributed by atoms with van der Waals surface area (Å²) in [6, 6.07) is 10.0. The zero-order chi connectivity index (χ0) is 14.8. The monoisotopic (exact) mass is 284 g/mol. The number of para-hydroxylation sites is 1. The number of anilines is 1. The number of aromatic nitrogens is 1. The Labute approximate surface area is 124 Å². The van der Waals surface area contributed by atoms with E-state index in [1.807, 2.05) is 24.3 Å². The quantitative estimate of drug-likeness (QED) is 0.933. The highest BCUT2D eigenvalue weighted by atomic mass is 16.4. The standard InChI is InChI=1S/C17H20N2O2/c1-2-12-7-5-6-10-19(12)16-11-15(17(20)21)18-14-9-4-3-8-13(14)16/h3-4,8-9,11-12H,2,5-7,10H2,1H3,(H,20,21). The summed E-state index contributed by atoms with van der Waals surface area (Å²) < 4.78 is 0. The number of benzene rings is 1.